The van der Waals surface area contributed by atoms with Crippen molar-refractivity contribution in [1.29, 1.82) is 0 Å². The first-order chi connectivity index (χ1) is 6.00. The Balaban J connectivity index is 3.19. The van der Waals surface area contributed by atoms with E-state index in [1.54, 1.807) is 6.92 Å². The fourth-order valence-electron chi connectivity index (χ4n) is 1.02. The molecule has 1 rings (SSSR count). The molecule has 0 saturated heterocycles. The molecule has 0 radical (unpaired) electrons. The molecule has 0 aliphatic rings. The van der Waals surface area contributed by atoms with E-state index in [0.29, 0.717) is 5.56 Å². The van der Waals surface area contributed by atoms with Crippen molar-refractivity contribution >= 4 is 5.97 Å². The Morgan fingerprint density at radius 3 is 2.54 bits per heavy atom. The van der Waals surface area contributed by atoms with Gasteiger partial charge in [-0.2, -0.15) is 0 Å². The van der Waals surface area contributed by atoms with Crippen LogP contribution in [0.15, 0.2) is 18.2 Å². The van der Waals surface area contributed by atoms with E-state index < -0.39 is 5.97 Å². The predicted molar refractivity (Wildman–Crippen MR) is 47.7 cm³/mol. The molecular weight excluding hydrogens is 170 g/mol. The Bertz CT molecular complexity index is 334. The van der Waals surface area contributed by atoms with Crippen molar-refractivity contribution in [1.82, 2.24) is 0 Å². The van der Waals surface area contributed by atoms with Crippen LogP contribution < -0.4 is 5.73 Å². The highest BCUT2D eigenvalue weighted by Crippen LogP contribution is 2.19. The lowest BCUT2D eigenvalue weighted by atomic mass is 10.1. The first kappa shape index (κ1) is 9.54. The molecule has 0 fully saturated rings. The van der Waals surface area contributed by atoms with Gasteiger partial charge in [-0.25, -0.2) is 4.79 Å². The summed E-state index contributed by atoms with van der Waals surface area (Å²) in [5, 5.41) is 17.8. The number of phenols is 1. The minimum absolute atomic E-state index is 0.0484. The van der Waals surface area contributed by atoms with Gasteiger partial charge in [0.25, 0.3) is 0 Å². The van der Waals surface area contributed by atoms with Crippen molar-refractivity contribution in [3.63, 3.8) is 0 Å². The number of carboxylic acid groups (broad SMARTS) is 1. The highest BCUT2D eigenvalue weighted by atomic mass is 16.4. The standard InChI is InChI=1S/C9H11NO3/c1-5(10)6-2-7(9(12)13)4-8(11)3-6/h2-5,11H,10H2,1H3,(H,12,13). The smallest absolute Gasteiger partial charge is 0.335 e. The van der Waals surface area contributed by atoms with Gasteiger partial charge in [0, 0.05) is 6.04 Å². The number of aromatic hydroxyl groups is 1. The van der Waals surface area contributed by atoms with Crippen LogP contribution >= 0.6 is 0 Å². The molecule has 1 aromatic carbocycles. The zero-order valence-electron chi connectivity index (χ0n) is 7.19. The van der Waals surface area contributed by atoms with Crippen LogP contribution in [0.1, 0.15) is 28.9 Å². The van der Waals surface area contributed by atoms with Crippen LogP contribution in [0.25, 0.3) is 0 Å². The summed E-state index contributed by atoms with van der Waals surface area (Å²) in [6, 6.07) is 3.81. The van der Waals surface area contributed by atoms with Gasteiger partial charge in [-0.1, -0.05) is 0 Å². The van der Waals surface area contributed by atoms with Gasteiger partial charge in [-0.05, 0) is 30.7 Å². The zero-order chi connectivity index (χ0) is 10.0. The van der Waals surface area contributed by atoms with E-state index in [1.807, 2.05) is 0 Å². The summed E-state index contributed by atoms with van der Waals surface area (Å²) in [6.45, 7) is 1.72. The van der Waals surface area contributed by atoms with Crippen LogP contribution in [0.5, 0.6) is 5.75 Å². The third-order valence-electron chi connectivity index (χ3n) is 1.71. The van der Waals surface area contributed by atoms with E-state index in [9.17, 15) is 9.90 Å². The summed E-state index contributed by atoms with van der Waals surface area (Å²) in [4.78, 5) is 10.6. The van der Waals surface area contributed by atoms with Crippen LogP contribution in [0.2, 0.25) is 0 Å². The van der Waals surface area contributed by atoms with Gasteiger partial charge in [0.05, 0.1) is 5.56 Å². The van der Waals surface area contributed by atoms with Gasteiger partial charge in [-0.15, -0.1) is 0 Å². The van der Waals surface area contributed by atoms with E-state index in [1.165, 1.54) is 18.2 Å². The first-order valence-corrected chi connectivity index (χ1v) is 3.83. The summed E-state index contributed by atoms with van der Waals surface area (Å²) >= 11 is 0. The van der Waals surface area contributed by atoms with Gasteiger partial charge >= 0.3 is 5.97 Å². The second-order valence-electron chi connectivity index (χ2n) is 2.91. The molecule has 70 valence electrons. The molecule has 0 saturated carbocycles. The van der Waals surface area contributed by atoms with Crippen molar-refractivity contribution < 1.29 is 15.0 Å². The fourth-order valence-corrected chi connectivity index (χ4v) is 1.02. The van der Waals surface area contributed by atoms with Gasteiger partial charge in [0.2, 0.25) is 0 Å². The average molecular weight is 181 g/mol. The van der Waals surface area contributed by atoms with Crippen LogP contribution in [0.4, 0.5) is 0 Å². The normalized spacial score (nSPS) is 12.5. The molecule has 0 aliphatic heterocycles. The Morgan fingerprint density at radius 1 is 1.46 bits per heavy atom. The number of phenolic OH excluding ortho intramolecular Hbond substituents is 1. The lowest BCUT2D eigenvalue weighted by Crippen LogP contribution is -2.06. The third kappa shape index (κ3) is 2.19. The van der Waals surface area contributed by atoms with Crippen molar-refractivity contribution in [2.24, 2.45) is 5.73 Å². The number of hydrogen-bond acceptors (Lipinski definition) is 3. The quantitative estimate of drug-likeness (QED) is 0.638. The van der Waals surface area contributed by atoms with Gasteiger partial charge in [0.1, 0.15) is 5.75 Å². The maximum absolute atomic E-state index is 10.6. The van der Waals surface area contributed by atoms with Crippen LogP contribution in [-0.2, 0) is 0 Å². The Kier molecular flexibility index (Phi) is 2.53. The number of nitrogens with two attached hydrogens (primary N) is 1. The lowest BCUT2D eigenvalue weighted by molar-refractivity contribution is 0.0696. The topological polar surface area (TPSA) is 83.5 Å². The van der Waals surface area contributed by atoms with Gasteiger partial charge in [-0.3, -0.25) is 0 Å². The van der Waals surface area contributed by atoms with Crippen LogP contribution in [0, 0.1) is 0 Å². The molecule has 1 unspecified atom stereocenters. The molecular formula is C9H11NO3. The molecule has 4 heteroatoms. The Hall–Kier alpha value is -1.55. The molecule has 4 N–H and O–H groups in total. The number of carboxylic acids is 1. The number of aromatic carboxylic acids is 1. The molecule has 1 aromatic rings. The highest BCUT2D eigenvalue weighted by Gasteiger charge is 2.08. The van der Waals surface area contributed by atoms with Gasteiger partial charge in [0.15, 0.2) is 0 Å². The Morgan fingerprint density at radius 2 is 2.08 bits per heavy atom. The molecule has 4 nitrogen and oxygen atoms in total. The second-order valence-corrected chi connectivity index (χ2v) is 2.91. The second kappa shape index (κ2) is 3.45. The van der Waals surface area contributed by atoms with E-state index in [0.717, 1.165) is 0 Å². The largest absolute Gasteiger partial charge is 0.508 e. The SMILES string of the molecule is CC(N)c1cc(O)cc(C(=O)O)c1. The molecule has 0 aliphatic carbocycles. The molecule has 0 aromatic heterocycles. The van der Waals surface area contributed by atoms with Crippen molar-refractivity contribution in [3.05, 3.63) is 29.3 Å². The van der Waals surface area contributed by atoms with Crippen molar-refractivity contribution in [2.45, 2.75) is 13.0 Å². The van der Waals surface area contributed by atoms with E-state index in [4.69, 9.17) is 10.8 Å². The number of benzene rings is 1. The van der Waals surface area contributed by atoms with Crippen molar-refractivity contribution in [3.8, 4) is 5.75 Å². The maximum atomic E-state index is 10.6. The number of rotatable bonds is 2. The molecule has 13 heavy (non-hydrogen) atoms. The predicted octanol–water partition coefficient (Wildman–Crippen LogP) is 1.11. The van der Waals surface area contributed by atoms with E-state index >= 15 is 0 Å². The molecule has 1 atom stereocenters. The highest BCUT2D eigenvalue weighted by molar-refractivity contribution is 5.88. The summed E-state index contributed by atoms with van der Waals surface area (Å²) < 4.78 is 0. The van der Waals surface area contributed by atoms with Crippen molar-refractivity contribution in [2.75, 3.05) is 0 Å². The third-order valence-corrected chi connectivity index (χ3v) is 1.71. The molecule has 0 bridgehead atoms. The summed E-state index contributed by atoms with van der Waals surface area (Å²) in [6.07, 6.45) is 0. The maximum Gasteiger partial charge on any atom is 0.335 e. The van der Waals surface area contributed by atoms with Crippen LogP contribution in [0.3, 0.4) is 0 Å². The van der Waals surface area contributed by atoms with E-state index in [2.05, 4.69) is 0 Å². The van der Waals surface area contributed by atoms with Gasteiger partial charge < -0.3 is 15.9 Å². The average Bonchev–Trinajstić information content (AvgIpc) is 2.03. The molecule has 0 spiro atoms. The molecule has 0 amide bonds. The summed E-state index contributed by atoms with van der Waals surface area (Å²) in [7, 11) is 0. The van der Waals surface area contributed by atoms with E-state index in [-0.39, 0.29) is 17.4 Å². The fraction of sp³-hybridized carbons (Fsp3) is 0.222. The Labute approximate surface area is 75.6 Å². The minimum atomic E-state index is -1.07. The zero-order valence-corrected chi connectivity index (χ0v) is 7.19. The molecule has 0 heterocycles. The number of hydrogen-bond donors (Lipinski definition) is 3. The summed E-state index contributed by atoms with van der Waals surface area (Å²) in [5.74, 6) is -1.15. The minimum Gasteiger partial charge on any atom is -0.508 e. The lowest BCUT2D eigenvalue weighted by Gasteiger charge is -2.06. The number of carbonyl (C=O) groups is 1. The first-order valence-electron chi connectivity index (χ1n) is 3.83. The monoisotopic (exact) mass is 181 g/mol. The van der Waals surface area contributed by atoms with Crippen LogP contribution in [-0.4, -0.2) is 16.2 Å². The summed E-state index contributed by atoms with van der Waals surface area (Å²) in [5.41, 5.74) is 6.20.